The lowest BCUT2D eigenvalue weighted by atomic mass is 10.1. The second-order valence-corrected chi connectivity index (χ2v) is 6.42. The third kappa shape index (κ3) is 5.81. The molecule has 2 aromatic rings. The largest absolute Gasteiger partial charge is 0.548 e. The van der Waals surface area contributed by atoms with Gasteiger partial charge in [0.25, 0.3) is 17.5 Å². The van der Waals surface area contributed by atoms with Gasteiger partial charge in [0, 0.05) is 5.56 Å². The summed E-state index contributed by atoms with van der Waals surface area (Å²) in [7, 11) is 2.63. The number of methoxy groups -OCH3 is 2. The zero-order chi connectivity index (χ0) is 23.8. The maximum Gasteiger partial charge on any atom is 0.280 e. The molecule has 11 nitrogen and oxygen atoms in total. The van der Waals surface area contributed by atoms with Gasteiger partial charge >= 0.3 is 0 Å². The van der Waals surface area contributed by atoms with E-state index in [0.717, 1.165) is 12.1 Å². The van der Waals surface area contributed by atoms with Crippen LogP contribution in [0, 0.1) is 10.1 Å². The summed E-state index contributed by atoms with van der Waals surface area (Å²) in [5.74, 6) is -3.00. The fourth-order valence-electron chi connectivity index (χ4n) is 2.59. The Morgan fingerprint density at radius 3 is 2.19 bits per heavy atom. The molecule has 0 aliphatic heterocycles. The number of nitro benzene ring substituents is 1. The summed E-state index contributed by atoms with van der Waals surface area (Å²) in [5.41, 5.74) is -0.745. The SMILES string of the molecule is COc1cc(/C=C(/NC(=O)c2ccccc2)C(=O)N[C@H](C)C(=O)[O-])c([N+](=O)[O-])cc1OC. The van der Waals surface area contributed by atoms with Crippen LogP contribution in [0.15, 0.2) is 48.2 Å². The van der Waals surface area contributed by atoms with Crippen LogP contribution in [0.4, 0.5) is 5.69 Å². The maximum absolute atomic E-state index is 12.7. The summed E-state index contributed by atoms with van der Waals surface area (Å²) in [5, 5.41) is 27.1. The smallest absolute Gasteiger partial charge is 0.280 e. The molecule has 0 saturated heterocycles. The number of rotatable bonds is 9. The fourth-order valence-corrected chi connectivity index (χ4v) is 2.59. The molecule has 0 heterocycles. The average Bonchev–Trinajstić information content (AvgIpc) is 2.78. The minimum absolute atomic E-state index is 0.0845. The Kier molecular flexibility index (Phi) is 7.88. The van der Waals surface area contributed by atoms with Crippen molar-refractivity contribution in [3.8, 4) is 11.5 Å². The molecule has 2 aromatic carbocycles. The predicted molar refractivity (Wildman–Crippen MR) is 111 cm³/mol. The zero-order valence-corrected chi connectivity index (χ0v) is 17.4. The Balaban J connectivity index is 2.57. The van der Waals surface area contributed by atoms with Crippen molar-refractivity contribution in [1.29, 1.82) is 0 Å². The second kappa shape index (κ2) is 10.6. The maximum atomic E-state index is 12.7. The van der Waals surface area contributed by atoms with E-state index < -0.39 is 40.1 Å². The molecule has 11 heteroatoms. The predicted octanol–water partition coefficient (Wildman–Crippen LogP) is 0.638. The van der Waals surface area contributed by atoms with Gasteiger partial charge < -0.3 is 30.0 Å². The van der Waals surface area contributed by atoms with Gasteiger partial charge in [0.05, 0.1) is 42.8 Å². The molecule has 2 N–H and O–H groups in total. The molecule has 0 unspecified atom stereocenters. The van der Waals surface area contributed by atoms with E-state index in [4.69, 9.17) is 9.47 Å². The normalized spacial score (nSPS) is 11.8. The summed E-state index contributed by atoms with van der Waals surface area (Å²) in [6.45, 7) is 1.17. The highest BCUT2D eigenvalue weighted by Gasteiger charge is 2.22. The molecule has 0 aliphatic carbocycles. The Labute approximate surface area is 182 Å². The molecule has 0 spiro atoms. The van der Waals surface area contributed by atoms with Crippen LogP contribution in [0.2, 0.25) is 0 Å². The fraction of sp³-hybridized carbons (Fsp3) is 0.190. The Morgan fingerprint density at radius 2 is 1.66 bits per heavy atom. The Morgan fingerprint density at radius 1 is 1.06 bits per heavy atom. The number of nitrogens with zero attached hydrogens (tertiary/aromatic N) is 1. The first-order chi connectivity index (χ1) is 15.2. The number of nitrogens with one attached hydrogen (secondary N) is 2. The average molecular weight is 442 g/mol. The van der Waals surface area contributed by atoms with E-state index in [1.807, 2.05) is 0 Å². The van der Waals surface area contributed by atoms with Gasteiger partial charge in [-0.25, -0.2) is 0 Å². The highest BCUT2D eigenvalue weighted by Crippen LogP contribution is 2.35. The lowest BCUT2D eigenvalue weighted by Crippen LogP contribution is -2.48. The molecule has 168 valence electrons. The minimum atomic E-state index is -1.55. The first-order valence-electron chi connectivity index (χ1n) is 9.18. The van der Waals surface area contributed by atoms with Crippen LogP contribution in [0.25, 0.3) is 6.08 Å². The van der Waals surface area contributed by atoms with Crippen molar-refractivity contribution in [2.24, 2.45) is 0 Å². The minimum Gasteiger partial charge on any atom is -0.548 e. The number of nitro groups is 1. The van der Waals surface area contributed by atoms with Crippen molar-refractivity contribution in [2.45, 2.75) is 13.0 Å². The van der Waals surface area contributed by atoms with Crippen LogP contribution in [0.1, 0.15) is 22.8 Å². The van der Waals surface area contributed by atoms with Crippen LogP contribution < -0.4 is 25.2 Å². The van der Waals surface area contributed by atoms with E-state index in [9.17, 15) is 29.6 Å². The van der Waals surface area contributed by atoms with E-state index in [2.05, 4.69) is 10.6 Å². The van der Waals surface area contributed by atoms with Crippen LogP contribution in [0.5, 0.6) is 11.5 Å². The molecule has 32 heavy (non-hydrogen) atoms. The number of benzene rings is 2. The van der Waals surface area contributed by atoms with Crippen molar-refractivity contribution in [2.75, 3.05) is 14.2 Å². The van der Waals surface area contributed by atoms with Gasteiger partial charge in [0.15, 0.2) is 11.5 Å². The Bertz CT molecular complexity index is 1070. The third-order valence-electron chi connectivity index (χ3n) is 4.26. The molecule has 0 aromatic heterocycles. The molecule has 0 fully saturated rings. The molecule has 1 atom stereocenters. The molecule has 2 rings (SSSR count). The number of carboxylic acids is 1. The van der Waals surface area contributed by atoms with Crippen molar-refractivity contribution in [1.82, 2.24) is 10.6 Å². The van der Waals surface area contributed by atoms with E-state index in [-0.39, 0.29) is 22.6 Å². The summed E-state index contributed by atoms with van der Waals surface area (Å²) >= 11 is 0. The molecule has 0 saturated carbocycles. The van der Waals surface area contributed by atoms with Crippen molar-refractivity contribution < 1.29 is 33.9 Å². The topological polar surface area (TPSA) is 160 Å². The van der Waals surface area contributed by atoms with Gasteiger partial charge in [-0.15, -0.1) is 0 Å². The van der Waals surface area contributed by atoms with Crippen LogP contribution >= 0.6 is 0 Å². The molecule has 0 bridgehead atoms. The number of aliphatic carboxylic acids is 1. The van der Waals surface area contributed by atoms with Gasteiger partial charge in [-0.2, -0.15) is 0 Å². The second-order valence-electron chi connectivity index (χ2n) is 6.42. The summed E-state index contributed by atoms with van der Waals surface area (Å²) in [6, 6.07) is 8.85. The van der Waals surface area contributed by atoms with Gasteiger partial charge in [-0.05, 0) is 31.2 Å². The van der Waals surface area contributed by atoms with Crippen molar-refractivity contribution in [3.05, 3.63) is 69.4 Å². The van der Waals surface area contributed by atoms with Gasteiger partial charge in [-0.1, -0.05) is 18.2 Å². The Hall–Kier alpha value is -4.41. The number of carbonyl (C=O) groups excluding carboxylic acids is 3. The number of amides is 2. The van der Waals surface area contributed by atoms with Gasteiger partial charge in [0.2, 0.25) is 0 Å². The first kappa shape index (κ1) is 23.9. The summed E-state index contributed by atoms with van der Waals surface area (Å²) < 4.78 is 10.2. The van der Waals surface area contributed by atoms with E-state index in [0.29, 0.717) is 0 Å². The van der Waals surface area contributed by atoms with Crippen LogP contribution in [-0.2, 0) is 9.59 Å². The van der Waals surface area contributed by atoms with Crippen molar-refractivity contribution >= 4 is 29.5 Å². The molecule has 0 aliphatic rings. The molecule has 2 amide bonds. The lowest BCUT2D eigenvalue weighted by Gasteiger charge is -2.17. The first-order valence-corrected chi connectivity index (χ1v) is 9.18. The van der Waals surface area contributed by atoms with E-state index in [1.165, 1.54) is 39.3 Å². The van der Waals surface area contributed by atoms with Gasteiger partial charge in [-0.3, -0.25) is 19.7 Å². The summed E-state index contributed by atoms with van der Waals surface area (Å²) in [6.07, 6.45) is 1.04. The van der Waals surface area contributed by atoms with Crippen molar-refractivity contribution in [3.63, 3.8) is 0 Å². The van der Waals surface area contributed by atoms with Crippen LogP contribution in [0.3, 0.4) is 0 Å². The number of carbonyl (C=O) groups is 3. The number of hydrogen-bond acceptors (Lipinski definition) is 8. The standard InChI is InChI=1S/C21H21N3O8/c1-12(21(27)28)22-20(26)15(23-19(25)13-7-5-4-6-8-13)9-14-10-17(31-2)18(32-3)11-16(14)24(29)30/h4-12H,1-3H3,(H,22,26)(H,23,25)(H,27,28)/p-1/b15-9+/t12-/m1/s1. The van der Waals surface area contributed by atoms with Gasteiger partial charge in [0.1, 0.15) is 5.70 Å². The van der Waals surface area contributed by atoms with E-state index in [1.54, 1.807) is 18.2 Å². The molecular weight excluding hydrogens is 422 g/mol. The molecular formula is C21H20N3O8-. The quantitative estimate of drug-likeness (QED) is 0.325. The third-order valence-corrected chi connectivity index (χ3v) is 4.26. The lowest BCUT2D eigenvalue weighted by molar-refractivity contribution is -0.385. The molecule has 0 radical (unpaired) electrons. The number of carboxylic acid groups (broad SMARTS) is 1. The highest BCUT2D eigenvalue weighted by atomic mass is 16.6. The summed E-state index contributed by atoms with van der Waals surface area (Å²) in [4.78, 5) is 47.1. The number of hydrogen-bond donors (Lipinski definition) is 2. The highest BCUT2D eigenvalue weighted by molar-refractivity contribution is 6.06. The van der Waals surface area contributed by atoms with E-state index >= 15 is 0 Å². The zero-order valence-electron chi connectivity index (χ0n) is 17.4. The van der Waals surface area contributed by atoms with Crippen LogP contribution in [-0.4, -0.2) is 43.0 Å². The number of ether oxygens (including phenoxy) is 2. The monoisotopic (exact) mass is 442 g/mol.